The first-order chi connectivity index (χ1) is 9.02. The Hall–Kier alpha value is -0.790. The van der Waals surface area contributed by atoms with Gasteiger partial charge in [-0.25, -0.2) is 12.8 Å². The molecule has 104 valence electrons. The summed E-state index contributed by atoms with van der Waals surface area (Å²) in [4.78, 5) is -0.0763. The Morgan fingerprint density at radius 1 is 1.47 bits per heavy atom. The molecule has 0 aromatic heterocycles. The van der Waals surface area contributed by atoms with Crippen molar-refractivity contribution in [2.45, 2.75) is 22.6 Å². The first-order valence-electron chi connectivity index (χ1n) is 5.99. The molecule has 19 heavy (non-hydrogen) atoms. The molecule has 2 saturated heterocycles. The molecular formula is C12H14FNO3S2. The van der Waals surface area contributed by atoms with Crippen LogP contribution >= 0.6 is 11.8 Å². The van der Waals surface area contributed by atoms with Gasteiger partial charge in [0.15, 0.2) is 0 Å². The van der Waals surface area contributed by atoms with E-state index < -0.39 is 15.8 Å². The Morgan fingerprint density at radius 3 is 2.84 bits per heavy atom. The number of rotatable bonds is 3. The normalized spacial score (nSPS) is 26.8. The number of nitrogens with zero attached hydrogens (tertiary/aromatic N) is 1. The van der Waals surface area contributed by atoms with Gasteiger partial charge in [0.25, 0.3) is 0 Å². The van der Waals surface area contributed by atoms with Crippen LogP contribution in [-0.2, 0) is 10.0 Å². The minimum Gasteiger partial charge on any atom is -0.495 e. The van der Waals surface area contributed by atoms with Gasteiger partial charge in [0.1, 0.15) is 16.5 Å². The molecule has 0 radical (unpaired) electrons. The third kappa shape index (κ3) is 2.13. The summed E-state index contributed by atoms with van der Waals surface area (Å²) in [6.07, 6.45) is 0.890. The van der Waals surface area contributed by atoms with E-state index in [1.54, 1.807) is 0 Å². The van der Waals surface area contributed by atoms with Crippen LogP contribution in [0, 0.1) is 5.82 Å². The van der Waals surface area contributed by atoms with Gasteiger partial charge in [0.05, 0.1) is 7.11 Å². The van der Waals surface area contributed by atoms with E-state index in [4.69, 9.17) is 4.74 Å². The maximum atomic E-state index is 13.3. The Labute approximate surface area is 116 Å². The van der Waals surface area contributed by atoms with Gasteiger partial charge in [-0.2, -0.15) is 16.1 Å². The summed E-state index contributed by atoms with van der Waals surface area (Å²) >= 11 is 1.81. The minimum absolute atomic E-state index is 0.0352. The molecule has 0 amide bonds. The van der Waals surface area contributed by atoms with Crippen molar-refractivity contribution < 1.29 is 17.5 Å². The van der Waals surface area contributed by atoms with Gasteiger partial charge < -0.3 is 4.74 Å². The van der Waals surface area contributed by atoms with Crippen LogP contribution in [0.4, 0.5) is 4.39 Å². The summed E-state index contributed by atoms with van der Waals surface area (Å²) in [5.74, 6) is 0.441. The average molecular weight is 303 g/mol. The fourth-order valence-corrected chi connectivity index (χ4v) is 6.11. The van der Waals surface area contributed by atoms with E-state index in [2.05, 4.69) is 0 Å². The molecule has 2 aliphatic rings. The predicted octanol–water partition coefficient (Wildman–Crippen LogP) is 1.71. The van der Waals surface area contributed by atoms with Crippen LogP contribution in [0.1, 0.15) is 6.42 Å². The lowest BCUT2D eigenvalue weighted by Crippen LogP contribution is -2.39. The molecule has 0 N–H and O–H groups in total. The molecule has 2 bridgehead atoms. The quantitative estimate of drug-likeness (QED) is 0.853. The zero-order valence-electron chi connectivity index (χ0n) is 10.4. The van der Waals surface area contributed by atoms with Gasteiger partial charge in [-0.15, -0.1) is 0 Å². The largest absolute Gasteiger partial charge is 0.495 e. The summed E-state index contributed by atoms with van der Waals surface area (Å²) < 4.78 is 45.1. The van der Waals surface area contributed by atoms with Crippen molar-refractivity contribution in [3.8, 4) is 5.75 Å². The molecule has 3 rings (SSSR count). The summed E-state index contributed by atoms with van der Waals surface area (Å²) in [7, 11) is -2.29. The first-order valence-corrected chi connectivity index (χ1v) is 8.48. The number of methoxy groups -OCH3 is 1. The van der Waals surface area contributed by atoms with Crippen LogP contribution in [0.3, 0.4) is 0 Å². The second-order valence-electron chi connectivity index (χ2n) is 4.71. The summed E-state index contributed by atoms with van der Waals surface area (Å²) in [6.45, 7) is 0.511. The second-order valence-corrected chi connectivity index (χ2v) is 7.91. The van der Waals surface area contributed by atoms with Crippen molar-refractivity contribution in [2.24, 2.45) is 0 Å². The van der Waals surface area contributed by atoms with Gasteiger partial charge >= 0.3 is 0 Å². The molecular weight excluding hydrogens is 289 g/mol. The van der Waals surface area contributed by atoms with E-state index in [1.165, 1.54) is 23.5 Å². The van der Waals surface area contributed by atoms with Gasteiger partial charge in [-0.05, 0) is 24.6 Å². The molecule has 2 aliphatic heterocycles. The summed E-state index contributed by atoms with van der Waals surface area (Å²) in [5.41, 5.74) is 0. The number of sulfonamides is 1. The van der Waals surface area contributed by atoms with Gasteiger partial charge in [0, 0.05) is 23.6 Å². The number of ether oxygens (including phenoxy) is 1. The van der Waals surface area contributed by atoms with Crippen LogP contribution in [0.25, 0.3) is 0 Å². The fraction of sp³-hybridized carbons (Fsp3) is 0.500. The standard InChI is InChI=1S/C12H14FNO3S2/c1-17-11-3-2-8(13)4-12(11)19(15,16)14-6-10-5-9(14)7-18-10/h2-4,9-10H,5-7H2,1H3. The van der Waals surface area contributed by atoms with E-state index in [9.17, 15) is 12.8 Å². The SMILES string of the molecule is COc1ccc(F)cc1S(=O)(=O)N1CC2CC1CS2. The lowest BCUT2D eigenvalue weighted by Gasteiger charge is -2.26. The number of benzene rings is 1. The molecule has 1 aromatic carbocycles. The van der Waals surface area contributed by atoms with Gasteiger partial charge in [0.2, 0.25) is 10.0 Å². The Balaban J connectivity index is 2.03. The van der Waals surface area contributed by atoms with E-state index in [1.807, 2.05) is 11.8 Å². The topological polar surface area (TPSA) is 46.6 Å². The molecule has 0 aliphatic carbocycles. The van der Waals surface area contributed by atoms with Crippen LogP contribution in [0.2, 0.25) is 0 Å². The summed E-state index contributed by atoms with van der Waals surface area (Å²) in [5, 5.41) is 0.374. The van der Waals surface area contributed by atoms with E-state index in [0.717, 1.165) is 18.2 Å². The van der Waals surface area contributed by atoms with Crippen molar-refractivity contribution in [3.05, 3.63) is 24.0 Å². The van der Waals surface area contributed by atoms with Crippen molar-refractivity contribution in [1.29, 1.82) is 0 Å². The first kappa shape index (κ1) is 13.2. The summed E-state index contributed by atoms with van der Waals surface area (Å²) in [6, 6.07) is 3.62. The van der Waals surface area contributed by atoms with Crippen molar-refractivity contribution >= 4 is 21.8 Å². The molecule has 1 aromatic rings. The molecule has 2 unspecified atom stereocenters. The maximum Gasteiger partial charge on any atom is 0.247 e. The van der Waals surface area contributed by atoms with E-state index in [-0.39, 0.29) is 16.7 Å². The number of hydrogen-bond acceptors (Lipinski definition) is 4. The number of halogens is 1. The second kappa shape index (κ2) is 4.64. The molecule has 2 heterocycles. The Kier molecular flexibility index (Phi) is 3.23. The molecule has 4 nitrogen and oxygen atoms in total. The third-order valence-corrected chi connectivity index (χ3v) is 6.89. The Bertz CT molecular complexity index is 605. The third-order valence-electron chi connectivity index (χ3n) is 3.56. The predicted molar refractivity (Wildman–Crippen MR) is 71.5 cm³/mol. The highest BCUT2D eigenvalue weighted by atomic mass is 32.2. The number of hydrogen-bond donors (Lipinski definition) is 0. The number of fused-ring (bicyclic) bond motifs is 2. The van der Waals surface area contributed by atoms with Crippen LogP contribution < -0.4 is 4.74 Å². The molecule has 0 saturated carbocycles. The lowest BCUT2D eigenvalue weighted by atomic mass is 10.3. The zero-order chi connectivity index (χ0) is 13.6. The van der Waals surface area contributed by atoms with Crippen LogP contribution in [0.5, 0.6) is 5.75 Å². The van der Waals surface area contributed by atoms with E-state index in [0.29, 0.717) is 11.8 Å². The molecule has 7 heteroatoms. The smallest absolute Gasteiger partial charge is 0.247 e. The fourth-order valence-electron chi connectivity index (χ4n) is 2.64. The lowest BCUT2D eigenvalue weighted by molar-refractivity contribution is 0.385. The van der Waals surface area contributed by atoms with Crippen molar-refractivity contribution in [1.82, 2.24) is 4.31 Å². The average Bonchev–Trinajstić information content (AvgIpc) is 3.01. The highest BCUT2D eigenvalue weighted by molar-refractivity contribution is 8.00. The van der Waals surface area contributed by atoms with Gasteiger partial charge in [-0.3, -0.25) is 0 Å². The van der Waals surface area contributed by atoms with Crippen molar-refractivity contribution in [2.75, 3.05) is 19.4 Å². The highest BCUT2D eigenvalue weighted by Crippen LogP contribution is 2.41. The van der Waals surface area contributed by atoms with Crippen LogP contribution in [0.15, 0.2) is 23.1 Å². The highest BCUT2D eigenvalue weighted by Gasteiger charge is 2.45. The van der Waals surface area contributed by atoms with Crippen molar-refractivity contribution in [3.63, 3.8) is 0 Å². The maximum absolute atomic E-state index is 13.3. The minimum atomic E-state index is -3.68. The number of thioether (sulfide) groups is 1. The van der Waals surface area contributed by atoms with E-state index >= 15 is 0 Å². The molecule has 2 atom stereocenters. The Morgan fingerprint density at radius 2 is 2.26 bits per heavy atom. The molecule has 0 spiro atoms. The van der Waals surface area contributed by atoms with Crippen LogP contribution in [-0.4, -0.2) is 43.4 Å². The monoisotopic (exact) mass is 303 g/mol. The molecule has 2 fully saturated rings. The van der Waals surface area contributed by atoms with Gasteiger partial charge in [-0.1, -0.05) is 0 Å². The zero-order valence-corrected chi connectivity index (χ0v) is 12.0.